The van der Waals surface area contributed by atoms with E-state index in [1.807, 2.05) is 6.07 Å². The van der Waals surface area contributed by atoms with E-state index in [2.05, 4.69) is 10.3 Å². The third kappa shape index (κ3) is 3.69. The van der Waals surface area contributed by atoms with Crippen LogP contribution in [0.15, 0.2) is 52.5 Å². The Morgan fingerprint density at radius 2 is 2.25 bits per heavy atom. The van der Waals surface area contributed by atoms with Gasteiger partial charge < -0.3 is 5.11 Å². The fraction of sp³-hybridized carbons (Fsp3) is 0.200. The van der Waals surface area contributed by atoms with Crippen LogP contribution in [0.5, 0.6) is 0 Å². The number of nitrogens with one attached hydrogen (secondary N) is 1. The molecular formula is C15H13N3O4S2. The van der Waals surface area contributed by atoms with Crippen LogP contribution in [0.25, 0.3) is 0 Å². The number of hydrogen-bond donors (Lipinski definition) is 2. The van der Waals surface area contributed by atoms with Crippen LogP contribution < -0.4 is 5.32 Å². The molecule has 24 heavy (non-hydrogen) atoms. The molecule has 2 aromatic rings. The highest BCUT2D eigenvalue weighted by molar-refractivity contribution is 8.00. The SMILES string of the molecule is O=C(O)[C@H]1CS[C@@H](c2ccc(Sc3ccccn3)c([N+](=O)[O-])c2)N1. The molecule has 1 saturated heterocycles. The second-order valence-electron chi connectivity index (χ2n) is 5.03. The van der Waals surface area contributed by atoms with Crippen LogP contribution in [0.3, 0.4) is 0 Å². The molecule has 1 aromatic heterocycles. The van der Waals surface area contributed by atoms with Crippen molar-refractivity contribution in [3.05, 3.63) is 58.3 Å². The number of benzene rings is 1. The normalized spacial score (nSPS) is 20.0. The number of thioether (sulfide) groups is 1. The van der Waals surface area contributed by atoms with E-state index in [-0.39, 0.29) is 11.1 Å². The maximum absolute atomic E-state index is 11.4. The first-order valence-electron chi connectivity index (χ1n) is 7.02. The summed E-state index contributed by atoms with van der Waals surface area (Å²) in [6, 6.07) is 9.72. The predicted octanol–water partition coefficient (Wildman–Crippen LogP) is 2.93. The lowest BCUT2D eigenvalue weighted by atomic mass is 10.2. The minimum absolute atomic E-state index is 0.00988. The zero-order valence-electron chi connectivity index (χ0n) is 12.3. The number of pyridine rings is 1. The van der Waals surface area contributed by atoms with Crippen LogP contribution in [-0.2, 0) is 4.79 Å². The van der Waals surface area contributed by atoms with Gasteiger partial charge in [0.15, 0.2) is 0 Å². The van der Waals surface area contributed by atoms with Crippen LogP contribution in [0.1, 0.15) is 10.9 Å². The van der Waals surface area contributed by atoms with Gasteiger partial charge in [0, 0.05) is 18.0 Å². The number of carboxylic acid groups (broad SMARTS) is 1. The van der Waals surface area contributed by atoms with Gasteiger partial charge >= 0.3 is 5.97 Å². The Morgan fingerprint density at radius 3 is 2.88 bits per heavy atom. The number of carboxylic acids is 1. The van der Waals surface area contributed by atoms with Crippen LogP contribution in [0.2, 0.25) is 0 Å². The summed E-state index contributed by atoms with van der Waals surface area (Å²) < 4.78 is 0. The van der Waals surface area contributed by atoms with E-state index < -0.39 is 16.9 Å². The average molecular weight is 363 g/mol. The van der Waals surface area contributed by atoms with Crippen molar-refractivity contribution in [2.24, 2.45) is 0 Å². The predicted molar refractivity (Wildman–Crippen MR) is 91.2 cm³/mol. The Bertz CT molecular complexity index is 773. The van der Waals surface area contributed by atoms with Crippen molar-refractivity contribution in [2.45, 2.75) is 21.3 Å². The topological polar surface area (TPSA) is 105 Å². The van der Waals surface area contributed by atoms with Crippen LogP contribution in [0.4, 0.5) is 5.69 Å². The van der Waals surface area contributed by atoms with Crippen molar-refractivity contribution < 1.29 is 14.8 Å². The minimum atomic E-state index is -0.915. The third-order valence-electron chi connectivity index (χ3n) is 3.41. The number of aromatic nitrogens is 1. The molecule has 0 radical (unpaired) electrons. The van der Waals surface area contributed by atoms with Gasteiger partial charge in [-0.25, -0.2) is 4.98 Å². The molecule has 1 fully saturated rings. The summed E-state index contributed by atoms with van der Waals surface area (Å²) >= 11 is 2.65. The summed E-state index contributed by atoms with van der Waals surface area (Å²) in [7, 11) is 0. The number of nitro groups is 1. The molecule has 0 bridgehead atoms. The highest BCUT2D eigenvalue weighted by atomic mass is 32.2. The molecule has 0 aliphatic carbocycles. The molecule has 3 rings (SSSR count). The number of rotatable bonds is 5. The van der Waals surface area contributed by atoms with Crippen LogP contribution in [0, 0.1) is 10.1 Å². The monoisotopic (exact) mass is 363 g/mol. The Hall–Kier alpha value is -2.10. The number of nitro benzene ring substituents is 1. The Kier molecular flexibility index (Phi) is 5.03. The highest BCUT2D eigenvalue weighted by Crippen LogP contribution is 2.39. The Morgan fingerprint density at radius 1 is 1.42 bits per heavy atom. The van der Waals surface area contributed by atoms with E-state index in [1.54, 1.807) is 30.5 Å². The summed E-state index contributed by atoms with van der Waals surface area (Å²) in [5.41, 5.74) is 0.685. The molecule has 1 aromatic carbocycles. The average Bonchev–Trinajstić information content (AvgIpc) is 3.06. The molecule has 1 aliphatic rings. The smallest absolute Gasteiger partial charge is 0.321 e. The quantitative estimate of drug-likeness (QED) is 0.617. The Labute approximate surface area is 146 Å². The minimum Gasteiger partial charge on any atom is -0.480 e. The number of hydrogen-bond acceptors (Lipinski definition) is 7. The van der Waals surface area contributed by atoms with Gasteiger partial charge in [0.05, 0.1) is 15.2 Å². The van der Waals surface area contributed by atoms with Crippen LogP contribution in [-0.4, -0.2) is 32.8 Å². The van der Waals surface area contributed by atoms with E-state index in [9.17, 15) is 14.9 Å². The number of nitrogens with zero attached hydrogens (tertiary/aromatic N) is 2. The van der Waals surface area contributed by atoms with Gasteiger partial charge in [-0.15, -0.1) is 11.8 Å². The maximum Gasteiger partial charge on any atom is 0.321 e. The zero-order chi connectivity index (χ0) is 17.1. The van der Waals surface area contributed by atoms with Gasteiger partial charge in [-0.1, -0.05) is 23.9 Å². The fourth-order valence-corrected chi connectivity index (χ4v) is 4.34. The molecule has 9 heteroatoms. The van der Waals surface area contributed by atoms with Gasteiger partial charge in [-0.2, -0.15) is 0 Å². The van der Waals surface area contributed by atoms with Gasteiger partial charge in [0.2, 0.25) is 0 Å². The van der Waals surface area contributed by atoms with Gasteiger partial charge in [-0.05, 0) is 23.8 Å². The molecular weight excluding hydrogens is 350 g/mol. The van der Waals surface area contributed by atoms with Gasteiger partial charge in [-0.3, -0.25) is 20.2 Å². The molecule has 0 unspecified atom stereocenters. The van der Waals surface area contributed by atoms with E-state index in [0.29, 0.717) is 21.2 Å². The number of carbonyl (C=O) groups is 1. The molecule has 1 aliphatic heterocycles. The fourth-order valence-electron chi connectivity index (χ4n) is 2.25. The second-order valence-corrected chi connectivity index (χ2v) is 7.23. The van der Waals surface area contributed by atoms with E-state index in [1.165, 1.54) is 29.6 Å². The molecule has 0 amide bonds. The molecule has 124 valence electrons. The highest BCUT2D eigenvalue weighted by Gasteiger charge is 2.31. The van der Waals surface area contributed by atoms with E-state index in [4.69, 9.17) is 5.11 Å². The molecule has 2 N–H and O–H groups in total. The summed E-state index contributed by atoms with van der Waals surface area (Å²) in [4.78, 5) is 26.7. The lowest BCUT2D eigenvalue weighted by molar-refractivity contribution is -0.387. The molecule has 2 atom stereocenters. The molecule has 0 spiro atoms. The van der Waals surface area contributed by atoms with Crippen LogP contribution >= 0.6 is 23.5 Å². The standard InChI is InChI=1S/C15H13N3O4S2/c19-15(20)10-8-23-14(17-10)9-4-5-12(11(7-9)18(21)22)24-13-3-1-2-6-16-13/h1-7,10,14,17H,8H2,(H,19,20)/t10-,14+/m1/s1. The van der Waals surface area contributed by atoms with E-state index in [0.717, 1.165) is 0 Å². The lowest BCUT2D eigenvalue weighted by Crippen LogP contribution is -2.33. The largest absolute Gasteiger partial charge is 0.480 e. The van der Waals surface area contributed by atoms with Crippen molar-refractivity contribution >= 4 is 35.2 Å². The van der Waals surface area contributed by atoms with Crippen molar-refractivity contribution in [1.82, 2.24) is 10.3 Å². The van der Waals surface area contributed by atoms with Gasteiger partial charge in [0.25, 0.3) is 5.69 Å². The zero-order valence-corrected chi connectivity index (χ0v) is 13.9. The van der Waals surface area contributed by atoms with Crippen molar-refractivity contribution in [3.63, 3.8) is 0 Å². The summed E-state index contributed by atoms with van der Waals surface area (Å²) in [5, 5.41) is 23.8. The van der Waals surface area contributed by atoms with Crippen molar-refractivity contribution in [3.8, 4) is 0 Å². The van der Waals surface area contributed by atoms with Crippen molar-refractivity contribution in [1.29, 1.82) is 0 Å². The van der Waals surface area contributed by atoms with Gasteiger partial charge in [0.1, 0.15) is 11.1 Å². The first kappa shape index (κ1) is 16.7. The summed E-state index contributed by atoms with van der Waals surface area (Å²) in [6.45, 7) is 0. The third-order valence-corrected chi connectivity index (χ3v) is 5.70. The number of aliphatic carboxylic acids is 1. The molecule has 7 nitrogen and oxygen atoms in total. The first-order valence-corrected chi connectivity index (χ1v) is 8.89. The molecule has 0 saturated carbocycles. The lowest BCUT2D eigenvalue weighted by Gasteiger charge is -2.12. The van der Waals surface area contributed by atoms with Crippen molar-refractivity contribution in [2.75, 3.05) is 5.75 Å². The first-order chi connectivity index (χ1) is 11.5. The molecule has 2 heterocycles. The second kappa shape index (κ2) is 7.20. The van der Waals surface area contributed by atoms with E-state index >= 15 is 0 Å². The maximum atomic E-state index is 11.4. The Balaban J connectivity index is 1.85. The summed E-state index contributed by atoms with van der Waals surface area (Å²) in [5.74, 6) is -0.486. The summed E-state index contributed by atoms with van der Waals surface area (Å²) in [6.07, 6.45) is 1.63.